The van der Waals surface area contributed by atoms with E-state index in [9.17, 15) is 71.5 Å². The summed E-state index contributed by atoms with van der Waals surface area (Å²) >= 11 is 0. The lowest BCUT2D eigenvalue weighted by Crippen LogP contribution is -2.54. The second-order valence-corrected chi connectivity index (χ2v) is 17.0. The normalized spacial score (nSPS) is 13.9. The van der Waals surface area contributed by atoms with Gasteiger partial charge in [0.25, 0.3) is 0 Å². The number of unbranched alkanes of at least 4 members (excludes halogenated alkanes) is 12. The van der Waals surface area contributed by atoms with E-state index in [2.05, 4.69) is 6.92 Å². The molecule has 0 aromatic carbocycles. The molecule has 0 bridgehead atoms. The molecular weight excluding hydrogens is 728 g/mol. The molecule has 14 nitrogen and oxygen atoms in total. The summed E-state index contributed by atoms with van der Waals surface area (Å²) in [6.07, 6.45) is 7.80. The maximum atomic E-state index is 13.3. The highest BCUT2D eigenvalue weighted by molar-refractivity contribution is 5.03. The molecule has 0 rings (SSSR count). The van der Waals surface area contributed by atoms with Gasteiger partial charge in [-0.25, -0.2) is 0 Å². The highest BCUT2D eigenvalue weighted by Crippen LogP contribution is 2.55. The molecule has 14 heteroatoms. The fourth-order valence-corrected chi connectivity index (χ4v) is 8.91. The number of aliphatic hydroxyl groups is 14. The highest BCUT2D eigenvalue weighted by atomic mass is 16.5. The molecule has 0 saturated carbocycles. The van der Waals surface area contributed by atoms with Gasteiger partial charge in [-0.1, -0.05) is 84.0 Å². The van der Waals surface area contributed by atoms with Crippen molar-refractivity contribution in [2.45, 2.75) is 255 Å². The largest absolute Gasteiger partial charge is 0.390 e. The van der Waals surface area contributed by atoms with Gasteiger partial charge in [-0.3, -0.25) is 0 Å². The molecule has 0 aromatic heterocycles. The van der Waals surface area contributed by atoms with Crippen LogP contribution in [0.4, 0.5) is 0 Å². The van der Waals surface area contributed by atoms with Crippen molar-refractivity contribution >= 4 is 0 Å². The van der Waals surface area contributed by atoms with Crippen LogP contribution < -0.4 is 0 Å². The molecule has 0 saturated heterocycles. The minimum absolute atomic E-state index is 0.221. The molecule has 338 valence electrons. The molecule has 14 N–H and O–H groups in total. The molecule has 0 aliphatic rings. The summed E-state index contributed by atoms with van der Waals surface area (Å²) in [7, 11) is 0. The van der Waals surface area contributed by atoms with Crippen molar-refractivity contribution in [2.75, 3.05) is 0 Å². The summed E-state index contributed by atoms with van der Waals surface area (Å²) < 4.78 is 0. The van der Waals surface area contributed by atoms with E-state index in [4.69, 9.17) is 0 Å². The third kappa shape index (κ3) is 27.2. The number of rotatable bonds is 40. The third-order valence-corrected chi connectivity index (χ3v) is 12.0. The van der Waals surface area contributed by atoms with Crippen LogP contribution in [-0.2, 0) is 0 Å². The Labute approximate surface area is 337 Å². The molecule has 56 heavy (non-hydrogen) atoms. The van der Waals surface area contributed by atoms with E-state index in [-0.39, 0.29) is 44.4 Å². The van der Waals surface area contributed by atoms with Crippen LogP contribution in [0.15, 0.2) is 0 Å². The average molecular weight is 815 g/mol. The van der Waals surface area contributed by atoms with Gasteiger partial charge >= 0.3 is 0 Å². The minimum Gasteiger partial charge on any atom is -0.390 e. The number of aliphatic hydroxyl groups excluding tert-OH is 6. The Bertz CT molecular complexity index is 832. The van der Waals surface area contributed by atoms with Crippen LogP contribution in [-0.4, -0.2) is 120 Å². The van der Waals surface area contributed by atoms with E-state index in [1.54, 1.807) is 0 Å². The molecule has 1 unspecified atom stereocenters. The maximum Gasteiger partial charge on any atom is 0.151 e. The molecule has 0 aliphatic heterocycles. The molecule has 0 amide bonds. The predicted octanol–water partition coefficient (Wildman–Crippen LogP) is 4.03. The Morgan fingerprint density at radius 3 is 0.786 bits per heavy atom. The highest BCUT2D eigenvalue weighted by Gasteiger charge is 2.52. The molecular formula is C42H86O14. The van der Waals surface area contributed by atoms with Gasteiger partial charge in [-0.05, 0) is 128 Å². The van der Waals surface area contributed by atoms with E-state index in [1.165, 1.54) is 0 Å². The third-order valence-electron chi connectivity index (χ3n) is 12.0. The van der Waals surface area contributed by atoms with Gasteiger partial charge < -0.3 is 71.5 Å². The standard InChI is InChI=1S/C42H86O14/c1-33(32-40(55,26-14-2-8-20-34(43)44)27-15-3-9-21-35(45)46)41(28-16-4-10-22-36(47)48,29-17-5-11-23-37(49)50)42(56,30-18-6-12-24-38(51)52)31-19-7-13-25-39(53)54/h33-39,43-56H,2-32H2,1H3. The van der Waals surface area contributed by atoms with Crippen LogP contribution in [0.2, 0.25) is 0 Å². The van der Waals surface area contributed by atoms with E-state index in [0.717, 1.165) is 0 Å². The van der Waals surface area contributed by atoms with Gasteiger partial charge in [-0.2, -0.15) is 0 Å². The molecule has 0 aromatic rings. The fraction of sp³-hybridized carbons (Fsp3) is 1.00. The smallest absolute Gasteiger partial charge is 0.151 e. The lowest BCUT2D eigenvalue weighted by Gasteiger charge is -2.54. The second-order valence-electron chi connectivity index (χ2n) is 17.0. The van der Waals surface area contributed by atoms with Crippen molar-refractivity contribution in [2.24, 2.45) is 11.3 Å². The van der Waals surface area contributed by atoms with E-state index in [0.29, 0.717) is 161 Å². The van der Waals surface area contributed by atoms with E-state index in [1.807, 2.05) is 0 Å². The molecule has 0 radical (unpaired) electrons. The summed E-state index contributed by atoms with van der Waals surface area (Å²) in [6.45, 7) is 2.10. The molecule has 1 atom stereocenters. The lowest BCUT2D eigenvalue weighted by molar-refractivity contribution is -0.152. The van der Waals surface area contributed by atoms with Crippen LogP contribution in [0.1, 0.15) is 206 Å². The van der Waals surface area contributed by atoms with E-state index < -0.39 is 54.4 Å². The predicted molar refractivity (Wildman–Crippen MR) is 214 cm³/mol. The molecule has 0 aliphatic carbocycles. The topological polar surface area (TPSA) is 283 Å². The minimum atomic E-state index is -1.41. The van der Waals surface area contributed by atoms with Crippen molar-refractivity contribution in [1.82, 2.24) is 0 Å². The van der Waals surface area contributed by atoms with E-state index >= 15 is 0 Å². The summed E-state index contributed by atoms with van der Waals surface area (Å²) in [5.74, 6) is -0.221. The lowest BCUT2D eigenvalue weighted by atomic mass is 9.54. The fourth-order valence-electron chi connectivity index (χ4n) is 8.91. The van der Waals surface area contributed by atoms with Gasteiger partial charge in [0, 0.05) is 5.41 Å². The molecule has 0 fully saturated rings. The van der Waals surface area contributed by atoms with Crippen molar-refractivity contribution in [3.05, 3.63) is 0 Å². The Balaban J connectivity index is 6.92. The van der Waals surface area contributed by atoms with Crippen molar-refractivity contribution < 1.29 is 71.5 Å². The van der Waals surface area contributed by atoms with Crippen LogP contribution in [0.3, 0.4) is 0 Å². The monoisotopic (exact) mass is 815 g/mol. The van der Waals surface area contributed by atoms with Gasteiger partial charge in [-0.15, -0.1) is 0 Å². The van der Waals surface area contributed by atoms with Gasteiger partial charge in [0.05, 0.1) is 11.2 Å². The first-order chi connectivity index (χ1) is 26.4. The first-order valence-corrected chi connectivity index (χ1v) is 22.0. The average Bonchev–Trinajstić information content (AvgIpc) is 3.09. The quantitative estimate of drug-likeness (QED) is 0.0307. The van der Waals surface area contributed by atoms with Crippen LogP contribution in [0.25, 0.3) is 0 Å². The van der Waals surface area contributed by atoms with Crippen molar-refractivity contribution in [3.8, 4) is 0 Å². The summed E-state index contributed by atoms with van der Waals surface area (Å²) in [6, 6.07) is 0. The Morgan fingerprint density at radius 2 is 0.536 bits per heavy atom. The van der Waals surface area contributed by atoms with Crippen LogP contribution in [0, 0.1) is 11.3 Å². The van der Waals surface area contributed by atoms with Crippen LogP contribution in [0.5, 0.6) is 0 Å². The Hall–Kier alpha value is -0.560. The zero-order valence-electron chi connectivity index (χ0n) is 34.7. The zero-order valence-corrected chi connectivity index (χ0v) is 34.7. The first-order valence-electron chi connectivity index (χ1n) is 22.0. The Kier molecular flexibility index (Phi) is 31.9. The van der Waals surface area contributed by atoms with Crippen molar-refractivity contribution in [3.63, 3.8) is 0 Å². The SMILES string of the molecule is CC(CC(O)(CCCCCC(O)O)CCCCCC(O)O)C(CCCCCC(O)O)(CCCCCC(O)O)C(O)(CCCCCC(O)O)CCCCCC(O)O. The van der Waals surface area contributed by atoms with Crippen molar-refractivity contribution in [1.29, 1.82) is 0 Å². The second kappa shape index (κ2) is 32.2. The maximum absolute atomic E-state index is 13.3. The summed E-state index contributed by atoms with van der Waals surface area (Å²) in [4.78, 5) is 0. The summed E-state index contributed by atoms with van der Waals surface area (Å²) in [5.41, 5.74) is -3.09. The Morgan fingerprint density at radius 1 is 0.304 bits per heavy atom. The van der Waals surface area contributed by atoms with Gasteiger partial charge in [0.15, 0.2) is 37.7 Å². The van der Waals surface area contributed by atoms with Gasteiger partial charge in [0.2, 0.25) is 0 Å². The molecule has 0 heterocycles. The number of hydrogen-bond acceptors (Lipinski definition) is 14. The molecule has 0 spiro atoms. The van der Waals surface area contributed by atoms with Gasteiger partial charge in [0.1, 0.15) is 0 Å². The zero-order chi connectivity index (χ0) is 42.5. The first kappa shape index (κ1) is 55.4. The summed E-state index contributed by atoms with van der Waals surface area (Å²) in [5, 5.41) is 139. The van der Waals surface area contributed by atoms with Crippen LogP contribution >= 0.6 is 0 Å². The number of hydrogen-bond donors (Lipinski definition) is 14.